The number of ether oxygens (including phenoxy) is 1. The molecule has 0 unspecified atom stereocenters. The van der Waals surface area contributed by atoms with E-state index in [0.29, 0.717) is 22.5 Å². The van der Waals surface area contributed by atoms with Crippen LogP contribution in [0.1, 0.15) is 29.2 Å². The van der Waals surface area contributed by atoms with Gasteiger partial charge in [-0.25, -0.2) is 0 Å². The molecule has 3 heterocycles. The summed E-state index contributed by atoms with van der Waals surface area (Å²) in [5.74, 6) is 0.195. The van der Waals surface area contributed by atoms with Gasteiger partial charge in [0.1, 0.15) is 0 Å². The fourth-order valence-corrected chi connectivity index (χ4v) is 6.17. The molecule has 1 N–H and O–H groups in total. The Hall–Kier alpha value is -3.06. The molecule has 156 valence electrons. The van der Waals surface area contributed by atoms with Crippen molar-refractivity contribution >= 4 is 42.3 Å². The number of rotatable bonds is 5. The van der Waals surface area contributed by atoms with E-state index >= 15 is 0 Å². The van der Waals surface area contributed by atoms with Crippen LogP contribution in [0.4, 0.5) is 5.82 Å². The van der Waals surface area contributed by atoms with E-state index in [4.69, 9.17) is 4.74 Å². The molecule has 5 rings (SSSR count). The minimum absolute atomic E-state index is 0.0957. The standard InChI is InChI=1S/C23H21N5O2Se/c29-22(16-8-3-1-4-9-16)27-20-19-21(25-14-24-20)28(15-26-19)18-12-7-13-30-23(18)31-17-10-5-2-6-11-17/h1-6,8-11,14-15,18,23H,7,12-13H2,(H,24,25,27,29)/t18-,23+/m1/s1. The molecule has 2 aromatic carbocycles. The van der Waals surface area contributed by atoms with E-state index in [2.05, 4.69) is 49.1 Å². The van der Waals surface area contributed by atoms with Crippen LogP contribution in [0.15, 0.2) is 73.3 Å². The van der Waals surface area contributed by atoms with Gasteiger partial charge in [0, 0.05) is 0 Å². The van der Waals surface area contributed by atoms with Crippen molar-refractivity contribution in [2.45, 2.75) is 23.9 Å². The number of aromatic nitrogens is 4. The Labute approximate surface area is 186 Å². The topological polar surface area (TPSA) is 81.9 Å². The number of anilines is 1. The Bertz CT molecular complexity index is 1180. The maximum absolute atomic E-state index is 12.6. The van der Waals surface area contributed by atoms with E-state index in [-0.39, 0.29) is 31.9 Å². The van der Waals surface area contributed by atoms with Gasteiger partial charge in [-0.15, -0.1) is 0 Å². The second-order valence-corrected chi connectivity index (χ2v) is 9.70. The molecule has 2 atom stereocenters. The molecule has 7 nitrogen and oxygen atoms in total. The SMILES string of the molecule is O=C(Nc1ncnc2c1ncn2[C@@H]1CCCO[C@H]1[Se]c1ccccc1)c1ccccc1. The third-order valence-electron chi connectivity index (χ3n) is 5.22. The van der Waals surface area contributed by atoms with Crippen LogP contribution in [-0.2, 0) is 4.74 Å². The zero-order chi connectivity index (χ0) is 21.0. The van der Waals surface area contributed by atoms with E-state index in [0.717, 1.165) is 19.4 Å². The number of nitrogens with one attached hydrogen (secondary N) is 1. The number of hydrogen-bond donors (Lipinski definition) is 1. The van der Waals surface area contributed by atoms with Gasteiger partial charge in [0.25, 0.3) is 0 Å². The Kier molecular flexibility index (Phi) is 5.75. The summed E-state index contributed by atoms with van der Waals surface area (Å²) in [5, 5.41) is 2.97. The molecule has 2 aromatic heterocycles. The van der Waals surface area contributed by atoms with Gasteiger partial charge in [0.05, 0.1) is 0 Å². The zero-order valence-corrected chi connectivity index (χ0v) is 18.4. The number of carbonyl (C=O) groups is 1. The Balaban J connectivity index is 1.43. The quantitative estimate of drug-likeness (QED) is 0.446. The molecule has 1 fully saturated rings. The van der Waals surface area contributed by atoms with Gasteiger partial charge in [-0.3, -0.25) is 0 Å². The van der Waals surface area contributed by atoms with Crippen LogP contribution in [0.5, 0.6) is 0 Å². The minimum atomic E-state index is -0.221. The number of imidazole rings is 1. The van der Waals surface area contributed by atoms with Gasteiger partial charge in [-0.1, -0.05) is 0 Å². The average molecular weight is 478 g/mol. The summed E-state index contributed by atoms with van der Waals surface area (Å²) >= 11 is 0.167. The Morgan fingerprint density at radius 1 is 1.03 bits per heavy atom. The molecule has 0 radical (unpaired) electrons. The summed E-state index contributed by atoms with van der Waals surface area (Å²) in [4.78, 5) is 25.9. The monoisotopic (exact) mass is 479 g/mol. The number of nitrogens with zero attached hydrogens (tertiary/aromatic N) is 4. The van der Waals surface area contributed by atoms with Gasteiger partial charge < -0.3 is 0 Å². The molecule has 0 bridgehead atoms. The molecule has 31 heavy (non-hydrogen) atoms. The molecule has 1 aliphatic heterocycles. The van der Waals surface area contributed by atoms with Crippen LogP contribution in [0.3, 0.4) is 0 Å². The van der Waals surface area contributed by atoms with Crippen molar-refractivity contribution < 1.29 is 9.53 Å². The fraction of sp³-hybridized carbons (Fsp3) is 0.217. The van der Waals surface area contributed by atoms with Crippen LogP contribution in [0, 0.1) is 0 Å². The first-order chi connectivity index (χ1) is 15.3. The van der Waals surface area contributed by atoms with E-state index in [9.17, 15) is 4.79 Å². The predicted octanol–water partition coefficient (Wildman–Crippen LogP) is 2.79. The van der Waals surface area contributed by atoms with Crippen molar-refractivity contribution in [2.75, 3.05) is 11.9 Å². The van der Waals surface area contributed by atoms with Crippen molar-refractivity contribution in [1.29, 1.82) is 0 Å². The average Bonchev–Trinajstić information content (AvgIpc) is 3.26. The van der Waals surface area contributed by atoms with Crippen molar-refractivity contribution in [3.05, 3.63) is 78.9 Å². The molecule has 0 aliphatic carbocycles. The number of hydrogen-bond acceptors (Lipinski definition) is 5. The first-order valence-corrected chi connectivity index (χ1v) is 12.0. The molecule has 1 saturated heterocycles. The molecule has 0 spiro atoms. The molecule has 4 aromatic rings. The third kappa shape index (κ3) is 4.23. The zero-order valence-electron chi connectivity index (χ0n) is 16.7. The maximum atomic E-state index is 12.6. The van der Waals surface area contributed by atoms with Crippen LogP contribution >= 0.6 is 0 Å². The summed E-state index contributed by atoms with van der Waals surface area (Å²) in [6.45, 7) is 0.774. The first-order valence-electron chi connectivity index (χ1n) is 10.2. The van der Waals surface area contributed by atoms with E-state index < -0.39 is 0 Å². The van der Waals surface area contributed by atoms with E-state index in [1.54, 1.807) is 18.5 Å². The van der Waals surface area contributed by atoms with Gasteiger partial charge in [0.2, 0.25) is 0 Å². The molecule has 0 saturated carbocycles. The van der Waals surface area contributed by atoms with Gasteiger partial charge in [0.15, 0.2) is 0 Å². The number of amides is 1. The molecule has 1 amide bonds. The predicted molar refractivity (Wildman–Crippen MR) is 120 cm³/mol. The van der Waals surface area contributed by atoms with Crippen molar-refractivity contribution in [1.82, 2.24) is 19.5 Å². The summed E-state index contributed by atoms with van der Waals surface area (Å²) < 4.78 is 9.58. The van der Waals surface area contributed by atoms with Crippen molar-refractivity contribution in [3.63, 3.8) is 0 Å². The second-order valence-electron chi connectivity index (χ2n) is 7.25. The summed E-state index contributed by atoms with van der Waals surface area (Å²) in [5.41, 5.74) is 1.87. The number of benzene rings is 2. The Morgan fingerprint density at radius 2 is 1.81 bits per heavy atom. The van der Waals surface area contributed by atoms with Gasteiger partial charge in [-0.05, 0) is 0 Å². The number of fused-ring (bicyclic) bond motifs is 1. The van der Waals surface area contributed by atoms with E-state index in [1.165, 1.54) is 10.8 Å². The Morgan fingerprint density at radius 3 is 2.61 bits per heavy atom. The summed E-state index contributed by atoms with van der Waals surface area (Å²) in [6.07, 6.45) is 5.27. The normalized spacial score (nSPS) is 18.7. The number of carbonyl (C=O) groups excluding carboxylic acids is 1. The molecular weight excluding hydrogens is 457 g/mol. The van der Waals surface area contributed by atoms with Gasteiger partial charge >= 0.3 is 186 Å². The van der Waals surface area contributed by atoms with Crippen LogP contribution in [0.2, 0.25) is 0 Å². The molecular formula is C23H21N5O2Se. The summed E-state index contributed by atoms with van der Waals surface area (Å²) in [7, 11) is 0. The molecule has 1 aliphatic rings. The summed E-state index contributed by atoms with van der Waals surface area (Å²) in [6, 6.07) is 19.7. The van der Waals surface area contributed by atoms with Crippen LogP contribution < -0.4 is 9.78 Å². The van der Waals surface area contributed by atoms with Crippen molar-refractivity contribution in [3.8, 4) is 0 Å². The molecule has 8 heteroatoms. The van der Waals surface area contributed by atoms with Crippen molar-refractivity contribution in [2.24, 2.45) is 0 Å². The second kappa shape index (κ2) is 8.98. The first kappa shape index (κ1) is 19.9. The van der Waals surface area contributed by atoms with E-state index in [1.807, 2.05) is 24.3 Å². The van der Waals surface area contributed by atoms with Crippen LogP contribution in [-0.4, -0.2) is 52.0 Å². The fourth-order valence-electron chi connectivity index (χ4n) is 3.71. The van der Waals surface area contributed by atoms with Gasteiger partial charge in [-0.2, -0.15) is 0 Å². The van der Waals surface area contributed by atoms with Crippen LogP contribution in [0.25, 0.3) is 11.2 Å². The third-order valence-corrected chi connectivity index (χ3v) is 7.79.